The maximum atomic E-state index is 11.6. The summed E-state index contributed by atoms with van der Waals surface area (Å²) in [6, 6.07) is 0.477. The number of carbonyl (C=O) groups is 1. The fraction of sp³-hybridized carbons (Fsp3) is 0.909. The molecule has 3 heteroatoms. The Morgan fingerprint density at radius 1 is 1.21 bits per heavy atom. The van der Waals surface area contributed by atoms with E-state index in [0.717, 1.165) is 12.8 Å². The van der Waals surface area contributed by atoms with Gasteiger partial charge in [-0.25, -0.2) is 0 Å². The van der Waals surface area contributed by atoms with Gasteiger partial charge in [0.15, 0.2) is 0 Å². The number of hydrogen-bond acceptors (Lipinski definition) is 3. The summed E-state index contributed by atoms with van der Waals surface area (Å²) < 4.78 is 4.87. The van der Waals surface area contributed by atoms with Crippen molar-refractivity contribution in [2.24, 2.45) is 5.92 Å². The number of carbonyl (C=O) groups excluding carboxylic acids is 1. The SMILES string of the molecule is COC(=O)C1CCCN2CCCCC12. The van der Waals surface area contributed by atoms with Crippen molar-refractivity contribution in [3.8, 4) is 0 Å². The number of hydrogen-bond donors (Lipinski definition) is 0. The molecule has 0 radical (unpaired) electrons. The Kier molecular flexibility index (Phi) is 3.06. The lowest BCUT2D eigenvalue weighted by atomic mass is 9.83. The lowest BCUT2D eigenvalue weighted by Gasteiger charge is -2.43. The van der Waals surface area contributed by atoms with E-state index < -0.39 is 0 Å². The van der Waals surface area contributed by atoms with Crippen LogP contribution >= 0.6 is 0 Å². The summed E-state index contributed by atoms with van der Waals surface area (Å²) in [6.45, 7) is 2.36. The van der Waals surface area contributed by atoms with Gasteiger partial charge in [0, 0.05) is 6.04 Å². The predicted molar refractivity (Wildman–Crippen MR) is 54.0 cm³/mol. The van der Waals surface area contributed by atoms with E-state index in [0.29, 0.717) is 6.04 Å². The highest BCUT2D eigenvalue weighted by Crippen LogP contribution is 2.31. The molecule has 2 aliphatic heterocycles. The summed E-state index contributed by atoms with van der Waals surface area (Å²) in [7, 11) is 1.50. The zero-order chi connectivity index (χ0) is 9.97. The van der Waals surface area contributed by atoms with Crippen LogP contribution in [0.4, 0.5) is 0 Å². The lowest BCUT2D eigenvalue weighted by molar-refractivity contribution is -0.150. The molecule has 2 unspecified atom stereocenters. The molecule has 0 bridgehead atoms. The molecule has 14 heavy (non-hydrogen) atoms. The minimum Gasteiger partial charge on any atom is -0.469 e. The number of rotatable bonds is 1. The molecule has 2 aliphatic rings. The first-order valence-corrected chi connectivity index (χ1v) is 5.65. The monoisotopic (exact) mass is 197 g/mol. The first-order chi connectivity index (χ1) is 6.83. The van der Waals surface area contributed by atoms with Crippen LogP contribution < -0.4 is 0 Å². The van der Waals surface area contributed by atoms with Crippen molar-refractivity contribution < 1.29 is 9.53 Å². The van der Waals surface area contributed by atoms with E-state index in [4.69, 9.17) is 4.74 Å². The second kappa shape index (κ2) is 4.30. The summed E-state index contributed by atoms with van der Waals surface area (Å²) in [5.41, 5.74) is 0. The maximum Gasteiger partial charge on any atom is 0.310 e. The molecular formula is C11H19NO2. The third kappa shape index (κ3) is 1.78. The average molecular weight is 197 g/mol. The van der Waals surface area contributed by atoms with Crippen LogP contribution in [0.1, 0.15) is 32.1 Å². The molecule has 0 amide bonds. The first-order valence-electron chi connectivity index (χ1n) is 5.65. The topological polar surface area (TPSA) is 29.5 Å². The largest absolute Gasteiger partial charge is 0.469 e. The summed E-state index contributed by atoms with van der Waals surface area (Å²) in [5, 5.41) is 0. The van der Waals surface area contributed by atoms with Gasteiger partial charge in [-0.15, -0.1) is 0 Å². The van der Waals surface area contributed by atoms with E-state index in [1.165, 1.54) is 39.5 Å². The molecule has 80 valence electrons. The fourth-order valence-corrected chi connectivity index (χ4v) is 2.88. The van der Waals surface area contributed by atoms with Crippen LogP contribution in [0.2, 0.25) is 0 Å². The summed E-state index contributed by atoms with van der Waals surface area (Å²) in [6.07, 6.45) is 5.92. The van der Waals surface area contributed by atoms with E-state index in [2.05, 4.69) is 4.90 Å². The Morgan fingerprint density at radius 2 is 2.00 bits per heavy atom. The summed E-state index contributed by atoms with van der Waals surface area (Å²) >= 11 is 0. The van der Waals surface area contributed by atoms with Crippen molar-refractivity contribution in [2.75, 3.05) is 20.2 Å². The van der Waals surface area contributed by atoms with Gasteiger partial charge in [-0.2, -0.15) is 0 Å². The van der Waals surface area contributed by atoms with E-state index in [1.807, 2.05) is 0 Å². The molecule has 0 aliphatic carbocycles. The molecule has 0 spiro atoms. The van der Waals surface area contributed by atoms with E-state index in [9.17, 15) is 4.79 Å². The molecule has 2 fully saturated rings. The molecule has 0 aromatic rings. The highest BCUT2D eigenvalue weighted by molar-refractivity contribution is 5.73. The minimum atomic E-state index is 0.00148. The van der Waals surface area contributed by atoms with Crippen molar-refractivity contribution in [3.05, 3.63) is 0 Å². The molecule has 2 saturated heterocycles. The minimum absolute atomic E-state index is 0.00148. The van der Waals surface area contributed by atoms with Crippen LogP contribution in [-0.4, -0.2) is 37.1 Å². The van der Waals surface area contributed by atoms with Crippen LogP contribution in [-0.2, 0) is 9.53 Å². The number of piperidine rings is 2. The van der Waals surface area contributed by atoms with Crippen molar-refractivity contribution in [2.45, 2.75) is 38.1 Å². The van der Waals surface area contributed by atoms with Gasteiger partial charge >= 0.3 is 5.97 Å². The van der Waals surface area contributed by atoms with Crippen LogP contribution in [0, 0.1) is 5.92 Å². The predicted octanol–water partition coefficient (Wildman–Crippen LogP) is 1.42. The van der Waals surface area contributed by atoms with Crippen molar-refractivity contribution in [1.29, 1.82) is 0 Å². The number of ether oxygens (including phenoxy) is 1. The maximum absolute atomic E-state index is 11.6. The van der Waals surface area contributed by atoms with Gasteiger partial charge in [0.25, 0.3) is 0 Å². The number of nitrogens with zero attached hydrogens (tertiary/aromatic N) is 1. The third-order valence-electron chi connectivity index (χ3n) is 3.59. The van der Waals surface area contributed by atoms with Crippen LogP contribution in [0.5, 0.6) is 0 Å². The van der Waals surface area contributed by atoms with Crippen molar-refractivity contribution in [1.82, 2.24) is 4.90 Å². The van der Waals surface area contributed by atoms with E-state index in [1.54, 1.807) is 0 Å². The third-order valence-corrected chi connectivity index (χ3v) is 3.59. The number of esters is 1. The first kappa shape index (κ1) is 9.97. The quantitative estimate of drug-likeness (QED) is 0.595. The van der Waals surface area contributed by atoms with Gasteiger partial charge in [0.1, 0.15) is 0 Å². The van der Waals surface area contributed by atoms with Gasteiger partial charge in [-0.05, 0) is 38.8 Å². The second-order valence-electron chi connectivity index (χ2n) is 4.37. The van der Waals surface area contributed by atoms with Crippen LogP contribution in [0.25, 0.3) is 0 Å². The smallest absolute Gasteiger partial charge is 0.310 e. The molecule has 2 heterocycles. The molecule has 2 rings (SSSR count). The highest BCUT2D eigenvalue weighted by Gasteiger charge is 2.37. The standard InChI is InChI=1S/C11H19NO2/c1-14-11(13)9-5-4-8-12-7-3-2-6-10(9)12/h9-10H,2-8H2,1H3. The molecule has 2 atom stereocenters. The Morgan fingerprint density at radius 3 is 2.79 bits per heavy atom. The molecule has 0 N–H and O–H groups in total. The Hall–Kier alpha value is -0.570. The van der Waals surface area contributed by atoms with Gasteiger partial charge in [-0.1, -0.05) is 6.42 Å². The summed E-state index contributed by atoms with van der Waals surface area (Å²) in [4.78, 5) is 14.1. The number of methoxy groups -OCH3 is 1. The van der Waals surface area contributed by atoms with E-state index >= 15 is 0 Å². The molecule has 3 nitrogen and oxygen atoms in total. The average Bonchev–Trinajstić information content (AvgIpc) is 2.27. The Balaban J connectivity index is 2.04. The molecule has 0 saturated carbocycles. The molecule has 0 aromatic heterocycles. The van der Waals surface area contributed by atoms with Crippen molar-refractivity contribution >= 4 is 5.97 Å². The second-order valence-corrected chi connectivity index (χ2v) is 4.37. The zero-order valence-corrected chi connectivity index (χ0v) is 8.87. The number of fused-ring (bicyclic) bond motifs is 1. The van der Waals surface area contributed by atoms with Gasteiger partial charge in [0.2, 0.25) is 0 Å². The lowest BCUT2D eigenvalue weighted by Crippen LogP contribution is -2.50. The van der Waals surface area contributed by atoms with Crippen LogP contribution in [0.3, 0.4) is 0 Å². The summed E-state index contributed by atoms with van der Waals surface area (Å²) in [5.74, 6) is 0.149. The molecule has 0 aromatic carbocycles. The van der Waals surface area contributed by atoms with Crippen LogP contribution in [0.15, 0.2) is 0 Å². The Labute approximate surface area is 85.4 Å². The van der Waals surface area contributed by atoms with Gasteiger partial charge < -0.3 is 4.74 Å². The fourth-order valence-electron chi connectivity index (χ4n) is 2.88. The van der Waals surface area contributed by atoms with Gasteiger partial charge in [0.05, 0.1) is 13.0 Å². The van der Waals surface area contributed by atoms with Gasteiger partial charge in [-0.3, -0.25) is 9.69 Å². The highest BCUT2D eigenvalue weighted by atomic mass is 16.5. The van der Waals surface area contributed by atoms with Crippen molar-refractivity contribution in [3.63, 3.8) is 0 Å². The zero-order valence-electron chi connectivity index (χ0n) is 8.87. The normalized spacial score (nSPS) is 33.5. The molecular weight excluding hydrogens is 178 g/mol. The van der Waals surface area contributed by atoms with E-state index in [-0.39, 0.29) is 11.9 Å². The Bertz CT molecular complexity index is 215.